The summed E-state index contributed by atoms with van der Waals surface area (Å²) in [6, 6.07) is 9.61. The van der Waals surface area contributed by atoms with Gasteiger partial charge in [0.25, 0.3) is 0 Å². The average Bonchev–Trinajstić information content (AvgIpc) is 2.52. The molecule has 0 bridgehead atoms. The third kappa shape index (κ3) is 5.41. The number of ether oxygens (including phenoxy) is 4. The van der Waals surface area contributed by atoms with Crippen molar-refractivity contribution >= 4 is 11.9 Å². The molecule has 1 aliphatic heterocycles. The van der Waals surface area contributed by atoms with Crippen LogP contribution in [0, 0.1) is 0 Å². The number of hydrogen-bond acceptors (Lipinski definition) is 6. The second kappa shape index (κ2) is 8.33. The summed E-state index contributed by atoms with van der Waals surface area (Å²) in [5, 5.41) is 0. The van der Waals surface area contributed by atoms with Gasteiger partial charge in [0.15, 0.2) is 12.2 Å². The van der Waals surface area contributed by atoms with Crippen molar-refractivity contribution in [1.82, 2.24) is 0 Å². The molecule has 0 fully saturated rings. The molecule has 0 aromatic heterocycles. The summed E-state index contributed by atoms with van der Waals surface area (Å²) in [4.78, 5) is 22.3. The van der Waals surface area contributed by atoms with Crippen molar-refractivity contribution in [1.29, 1.82) is 0 Å². The van der Waals surface area contributed by atoms with Crippen LogP contribution in [0.5, 0.6) is 0 Å². The summed E-state index contributed by atoms with van der Waals surface area (Å²) in [5.74, 6) is -0.824. The molecule has 1 aliphatic rings. The molecule has 6 heteroatoms. The topological polar surface area (TPSA) is 71.1 Å². The van der Waals surface area contributed by atoms with Gasteiger partial charge in [-0.25, -0.2) is 0 Å². The number of carbonyl (C=O) groups excluding carboxylic acids is 2. The van der Waals surface area contributed by atoms with E-state index in [0.717, 1.165) is 5.56 Å². The molecule has 3 atom stereocenters. The lowest BCUT2D eigenvalue weighted by atomic mass is 10.1. The monoisotopic (exact) mass is 320 g/mol. The third-order valence-corrected chi connectivity index (χ3v) is 3.25. The molecule has 23 heavy (non-hydrogen) atoms. The molecular weight excluding hydrogens is 300 g/mol. The van der Waals surface area contributed by atoms with E-state index in [0.29, 0.717) is 6.61 Å². The summed E-state index contributed by atoms with van der Waals surface area (Å²) in [6.07, 6.45) is 1.34. The molecule has 0 saturated heterocycles. The van der Waals surface area contributed by atoms with Gasteiger partial charge in [-0.15, -0.1) is 0 Å². The van der Waals surface area contributed by atoms with Crippen LogP contribution >= 0.6 is 0 Å². The highest BCUT2D eigenvalue weighted by atomic mass is 16.6. The molecule has 6 nitrogen and oxygen atoms in total. The minimum atomic E-state index is -0.592. The summed E-state index contributed by atoms with van der Waals surface area (Å²) in [6.45, 7) is 3.01. The van der Waals surface area contributed by atoms with E-state index in [2.05, 4.69) is 0 Å². The van der Waals surface area contributed by atoms with Crippen molar-refractivity contribution in [3.05, 3.63) is 48.2 Å². The van der Waals surface area contributed by atoms with Gasteiger partial charge in [-0.3, -0.25) is 9.59 Å². The van der Waals surface area contributed by atoms with Crippen LogP contribution in [-0.4, -0.2) is 36.9 Å². The van der Waals surface area contributed by atoms with Crippen molar-refractivity contribution in [2.45, 2.75) is 38.8 Å². The van der Waals surface area contributed by atoms with Crippen molar-refractivity contribution in [2.24, 2.45) is 0 Å². The fourth-order valence-electron chi connectivity index (χ4n) is 2.22. The largest absolute Gasteiger partial charge is 0.492 e. The predicted molar refractivity (Wildman–Crippen MR) is 81.2 cm³/mol. The van der Waals surface area contributed by atoms with Gasteiger partial charge in [-0.1, -0.05) is 30.3 Å². The molecule has 1 aromatic carbocycles. The fraction of sp³-hybridized carbons (Fsp3) is 0.412. The Hall–Kier alpha value is -2.34. The predicted octanol–water partition coefficient (Wildman–Crippen LogP) is 1.98. The van der Waals surface area contributed by atoms with Crippen LogP contribution in [0.25, 0.3) is 0 Å². The number of hydrogen-bond donors (Lipinski definition) is 0. The normalized spacial score (nSPS) is 23.0. The Labute approximate surface area is 135 Å². The molecule has 1 unspecified atom stereocenters. The van der Waals surface area contributed by atoms with Crippen LogP contribution < -0.4 is 0 Å². The van der Waals surface area contributed by atoms with Crippen molar-refractivity contribution in [3.63, 3.8) is 0 Å². The number of carbonyl (C=O) groups is 2. The Balaban J connectivity index is 2.05. The molecule has 0 aliphatic carbocycles. The lowest BCUT2D eigenvalue weighted by molar-refractivity contribution is -0.171. The molecule has 1 heterocycles. The summed E-state index contributed by atoms with van der Waals surface area (Å²) >= 11 is 0. The SMILES string of the molecule is CC(=O)OCC1OC=C[C@H](OC(C)=O)[C@H]1OCc1ccccc1. The zero-order valence-corrected chi connectivity index (χ0v) is 13.1. The second-order valence-corrected chi connectivity index (χ2v) is 5.14. The van der Waals surface area contributed by atoms with Gasteiger partial charge in [0.05, 0.1) is 12.9 Å². The van der Waals surface area contributed by atoms with Crippen LogP contribution in [0.15, 0.2) is 42.7 Å². The van der Waals surface area contributed by atoms with E-state index in [1.54, 1.807) is 6.08 Å². The molecule has 0 N–H and O–H groups in total. The molecule has 0 spiro atoms. The van der Waals surface area contributed by atoms with Gasteiger partial charge in [-0.05, 0) is 11.6 Å². The molecular formula is C17H20O6. The first kappa shape index (κ1) is 17.0. The summed E-state index contributed by atoms with van der Waals surface area (Å²) in [7, 11) is 0. The summed E-state index contributed by atoms with van der Waals surface area (Å²) in [5.41, 5.74) is 0.981. The smallest absolute Gasteiger partial charge is 0.303 e. The van der Waals surface area contributed by atoms with Crippen molar-refractivity contribution in [3.8, 4) is 0 Å². The number of esters is 2. The highest BCUT2D eigenvalue weighted by molar-refractivity contribution is 5.66. The lowest BCUT2D eigenvalue weighted by Crippen LogP contribution is -2.46. The first-order valence-corrected chi connectivity index (χ1v) is 7.34. The molecule has 0 amide bonds. The highest BCUT2D eigenvalue weighted by Crippen LogP contribution is 2.21. The lowest BCUT2D eigenvalue weighted by Gasteiger charge is -2.33. The van der Waals surface area contributed by atoms with E-state index in [4.69, 9.17) is 18.9 Å². The Kier molecular flexibility index (Phi) is 6.17. The van der Waals surface area contributed by atoms with E-state index in [1.807, 2.05) is 30.3 Å². The number of rotatable bonds is 6. The van der Waals surface area contributed by atoms with Crippen LogP contribution in [-0.2, 0) is 35.1 Å². The highest BCUT2D eigenvalue weighted by Gasteiger charge is 2.36. The maximum Gasteiger partial charge on any atom is 0.303 e. The van der Waals surface area contributed by atoms with E-state index < -0.39 is 30.3 Å². The minimum absolute atomic E-state index is 0.0247. The first-order chi connectivity index (χ1) is 11.1. The Morgan fingerprint density at radius 1 is 1.13 bits per heavy atom. The fourth-order valence-corrected chi connectivity index (χ4v) is 2.22. The van der Waals surface area contributed by atoms with Crippen molar-refractivity contribution in [2.75, 3.05) is 6.61 Å². The Morgan fingerprint density at radius 2 is 1.87 bits per heavy atom. The van der Waals surface area contributed by atoms with Crippen LogP contribution in [0.1, 0.15) is 19.4 Å². The van der Waals surface area contributed by atoms with Gasteiger partial charge in [-0.2, -0.15) is 0 Å². The third-order valence-electron chi connectivity index (χ3n) is 3.25. The average molecular weight is 320 g/mol. The van der Waals surface area contributed by atoms with Gasteiger partial charge < -0.3 is 18.9 Å². The summed E-state index contributed by atoms with van der Waals surface area (Å²) < 4.78 is 21.6. The quantitative estimate of drug-likeness (QED) is 0.746. The van der Waals surface area contributed by atoms with E-state index >= 15 is 0 Å². The zero-order chi connectivity index (χ0) is 16.7. The molecule has 0 radical (unpaired) electrons. The molecule has 1 aromatic rings. The maximum absolute atomic E-state index is 11.3. The van der Waals surface area contributed by atoms with Crippen LogP contribution in [0.4, 0.5) is 0 Å². The van der Waals surface area contributed by atoms with E-state index in [9.17, 15) is 9.59 Å². The van der Waals surface area contributed by atoms with Crippen molar-refractivity contribution < 1.29 is 28.5 Å². The van der Waals surface area contributed by atoms with Gasteiger partial charge >= 0.3 is 11.9 Å². The standard InChI is InChI=1S/C17H20O6/c1-12(18)21-11-16-17(15(8-9-20-16)23-13(2)19)22-10-14-6-4-3-5-7-14/h3-9,15-17H,10-11H2,1-2H3/t15-,16?,17+/m0/s1. The number of benzene rings is 1. The van der Waals surface area contributed by atoms with E-state index in [1.165, 1.54) is 20.1 Å². The Bertz CT molecular complexity index is 553. The molecule has 0 saturated carbocycles. The minimum Gasteiger partial charge on any atom is -0.492 e. The van der Waals surface area contributed by atoms with E-state index in [-0.39, 0.29) is 6.61 Å². The van der Waals surface area contributed by atoms with Gasteiger partial charge in [0.1, 0.15) is 12.7 Å². The molecule has 124 valence electrons. The zero-order valence-electron chi connectivity index (χ0n) is 13.1. The maximum atomic E-state index is 11.3. The molecule has 2 rings (SSSR count). The van der Waals surface area contributed by atoms with Gasteiger partial charge in [0.2, 0.25) is 0 Å². The van der Waals surface area contributed by atoms with Gasteiger partial charge in [0, 0.05) is 13.8 Å². The second-order valence-electron chi connectivity index (χ2n) is 5.14. The Morgan fingerprint density at radius 3 is 2.52 bits per heavy atom. The van der Waals surface area contributed by atoms with Crippen LogP contribution in [0.2, 0.25) is 0 Å². The van der Waals surface area contributed by atoms with Crippen LogP contribution in [0.3, 0.4) is 0 Å². The first-order valence-electron chi connectivity index (χ1n) is 7.34.